The number of anilines is 1. The van der Waals surface area contributed by atoms with Crippen molar-refractivity contribution in [3.63, 3.8) is 0 Å². The van der Waals surface area contributed by atoms with Gasteiger partial charge in [-0.25, -0.2) is 8.42 Å². The minimum absolute atomic E-state index is 0.0670. The molecule has 0 spiro atoms. The zero-order valence-electron chi connectivity index (χ0n) is 17.1. The normalized spacial score (nSPS) is 18.1. The molecule has 1 amide bonds. The van der Waals surface area contributed by atoms with Crippen molar-refractivity contribution in [3.8, 4) is 0 Å². The van der Waals surface area contributed by atoms with Crippen LogP contribution in [0.5, 0.6) is 0 Å². The highest BCUT2D eigenvalue weighted by molar-refractivity contribution is 7.89. The monoisotopic (exact) mass is 447 g/mol. The lowest BCUT2D eigenvalue weighted by atomic mass is 10.1. The van der Waals surface area contributed by atoms with Crippen LogP contribution in [0.15, 0.2) is 47.4 Å². The summed E-state index contributed by atoms with van der Waals surface area (Å²) in [7, 11) is -3.46. The summed E-state index contributed by atoms with van der Waals surface area (Å²) in [4.78, 5) is 17.2. The highest BCUT2D eigenvalue weighted by atomic mass is 35.5. The Morgan fingerprint density at radius 1 is 0.900 bits per heavy atom. The zero-order chi connectivity index (χ0) is 21.3. The van der Waals surface area contributed by atoms with E-state index in [0.29, 0.717) is 36.8 Å². The molecular formula is C22H26ClN3O3S. The first-order valence-corrected chi connectivity index (χ1v) is 12.1. The maximum atomic E-state index is 12.9. The van der Waals surface area contributed by atoms with Crippen molar-refractivity contribution in [1.82, 2.24) is 9.21 Å². The number of hydrogen-bond acceptors (Lipinski definition) is 4. The number of amides is 1. The van der Waals surface area contributed by atoms with Crippen LogP contribution >= 0.6 is 11.6 Å². The molecule has 4 rings (SSSR count). The van der Waals surface area contributed by atoms with Crippen LogP contribution in [0, 0.1) is 6.92 Å². The topological polar surface area (TPSA) is 60.9 Å². The Balaban J connectivity index is 1.41. The standard InChI is InChI=1S/C22H26ClN3O3S/c1-17-4-7-19(23)16-21(17)24-12-14-25(15-13-24)22(27)18-5-8-20(9-6-18)30(28,29)26-10-2-3-11-26/h4-9,16H,2-3,10-15H2,1H3. The molecule has 0 unspecified atom stereocenters. The molecule has 0 aliphatic carbocycles. The van der Waals surface area contributed by atoms with Gasteiger partial charge >= 0.3 is 0 Å². The minimum Gasteiger partial charge on any atom is -0.368 e. The molecule has 30 heavy (non-hydrogen) atoms. The lowest BCUT2D eigenvalue weighted by molar-refractivity contribution is 0.0746. The second-order valence-electron chi connectivity index (χ2n) is 7.85. The third kappa shape index (κ3) is 4.19. The minimum atomic E-state index is -3.46. The van der Waals surface area contributed by atoms with Gasteiger partial charge in [0.05, 0.1) is 4.90 Å². The summed E-state index contributed by atoms with van der Waals surface area (Å²) in [6, 6.07) is 12.2. The van der Waals surface area contributed by atoms with Gasteiger partial charge in [-0.3, -0.25) is 4.79 Å². The van der Waals surface area contributed by atoms with Gasteiger partial charge in [0, 0.05) is 55.5 Å². The molecule has 160 valence electrons. The van der Waals surface area contributed by atoms with Crippen molar-refractivity contribution < 1.29 is 13.2 Å². The summed E-state index contributed by atoms with van der Waals surface area (Å²) in [6.45, 7) is 5.87. The maximum Gasteiger partial charge on any atom is 0.253 e. The van der Waals surface area contributed by atoms with Crippen LogP contribution in [-0.4, -0.2) is 62.8 Å². The van der Waals surface area contributed by atoms with Crippen molar-refractivity contribution in [3.05, 3.63) is 58.6 Å². The van der Waals surface area contributed by atoms with Crippen LogP contribution in [0.2, 0.25) is 5.02 Å². The predicted molar refractivity (Wildman–Crippen MR) is 119 cm³/mol. The second-order valence-corrected chi connectivity index (χ2v) is 10.2. The van der Waals surface area contributed by atoms with E-state index in [-0.39, 0.29) is 10.8 Å². The first kappa shape index (κ1) is 21.2. The predicted octanol–water partition coefficient (Wildman–Crippen LogP) is 3.40. The van der Waals surface area contributed by atoms with Crippen molar-refractivity contribution in [2.45, 2.75) is 24.7 Å². The number of piperazine rings is 1. The van der Waals surface area contributed by atoms with Gasteiger partial charge in [0.15, 0.2) is 0 Å². The van der Waals surface area contributed by atoms with Gasteiger partial charge in [0.25, 0.3) is 5.91 Å². The third-order valence-corrected chi connectivity index (χ3v) is 8.03. The van der Waals surface area contributed by atoms with Crippen LogP contribution in [0.25, 0.3) is 0 Å². The third-order valence-electron chi connectivity index (χ3n) is 5.88. The molecular weight excluding hydrogens is 422 g/mol. The number of carbonyl (C=O) groups is 1. The number of benzene rings is 2. The molecule has 6 nitrogen and oxygen atoms in total. The van der Waals surface area contributed by atoms with Crippen molar-refractivity contribution >= 4 is 33.2 Å². The van der Waals surface area contributed by atoms with Crippen molar-refractivity contribution in [2.24, 2.45) is 0 Å². The van der Waals surface area contributed by atoms with Gasteiger partial charge in [0.1, 0.15) is 0 Å². The average Bonchev–Trinajstić information content (AvgIpc) is 3.31. The SMILES string of the molecule is Cc1ccc(Cl)cc1N1CCN(C(=O)c2ccc(S(=O)(=O)N3CCCC3)cc2)CC1. The molecule has 0 aromatic heterocycles. The van der Waals surface area contributed by atoms with Crippen LogP contribution in [0.4, 0.5) is 5.69 Å². The smallest absolute Gasteiger partial charge is 0.253 e. The molecule has 0 radical (unpaired) electrons. The van der Waals surface area contributed by atoms with Crippen molar-refractivity contribution in [2.75, 3.05) is 44.2 Å². The molecule has 2 heterocycles. The molecule has 0 N–H and O–H groups in total. The van der Waals surface area contributed by atoms with E-state index >= 15 is 0 Å². The first-order chi connectivity index (χ1) is 14.4. The Morgan fingerprint density at radius 2 is 1.53 bits per heavy atom. The van der Waals surface area contributed by atoms with Crippen LogP contribution in [0.3, 0.4) is 0 Å². The number of sulfonamides is 1. The number of halogens is 1. The van der Waals surface area contributed by atoms with Gasteiger partial charge in [-0.2, -0.15) is 4.31 Å². The van der Waals surface area contributed by atoms with Gasteiger partial charge in [-0.15, -0.1) is 0 Å². The van der Waals surface area contributed by atoms with Crippen LogP contribution < -0.4 is 4.90 Å². The Hall–Kier alpha value is -2.09. The summed E-state index contributed by atoms with van der Waals surface area (Å²) in [5.41, 5.74) is 2.78. The summed E-state index contributed by atoms with van der Waals surface area (Å²) in [5, 5.41) is 0.707. The van der Waals surface area contributed by atoms with E-state index in [1.807, 2.05) is 23.1 Å². The largest absolute Gasteiger partial charge is 0.368 e. The summed E-state index contributed by atoms with van der Waals surface area (Å²) >= 11 is 6.14. The fourth-order valence-electron chi connectivity index (χ4n) is 4.10. The summed E-state index contributed by atoms with van der Waals surface area (Å²) < 4.78 is 26.8. The molecule has 2 aliphatic heterocycles. The maximum absolute atomic E-state index is 12.9. The molecule has 2 aromatic rings. The molecule has 2 aliphatic rings. The van der Waals surface area contributed by atoms with E-state index in [2.05, 4.69) is 11.8 Å². The molecule has 2 aromatic carbocycles. The number of carbonyl (C=O) groups excluding carboxylic acids is 1. The second kappa shape index (κ2) is 8.57. The molecule has 8 heteroatoms. The van der Waals surface area contributed by atoms with E-state index in [9.17, 15) is 13.2 Å². The fraction of sp³-hybridized carbons (Fsp3) is 0.409. The highest BCUT2D eigenvalue weighted by Gasteiger charge is 2.28. The lowest BCUT2D eigenvalue weighted by Crippen LogP contribution is -2.49. The molecule has 2 saturated heterocycles. The highest BCUT2D eigenvalue weighted by Crippen LogP contribution is 2.26. The van der Waals surface area contributed by atoms with Gasteiger partial charge in [-0.05, 0) is 61.7 Å². The van der Waals surface area contributed by atoms with Gasteiger partial charge < -0.3 is 9.80 Å². The van der Waals surface area contributed by atoms with E-state index in [4.69, 9.17) is 11.6 Å². The van der Waals surface area contributed by atoms with E-state index in [0.717, 1.165) is 37.2 Å². The van der Waals surface area contributed by atoms with Crippen LogP contribution in [-0.2, 0) is 10.0 Å². The van der Waals surface area contributed by atoms with Crippen LogP contribution in [0.1, 0.15) is 28.8 Å². The van der Waals surface area contributed by atoms with Gasteiger partial charge in [0.2, 0.25) is 10.0 Å². The molecule has 2 fully saturated rings. The Kier molecular flexibility index (Phi) is 6.04. The lowest BCUT2D eigenvalue weighted by Gasteiger charge is -2.37. The number of nitrogens with zero attached hydrogens (tertiary/aromatic N) is 3. The Bertz CT molecular complexity index is 1030. The average molecular weight is 448 g/mol. The van der Waals surface area contributed by atoms with Crippen molar-refractivity contribution in [1.29, 1.82) is 0 Å². The first-order valence-electron chi connectivity index (χ1n) is 10.3. The number of hydrogen-bond donors (Lipinski definition) is 0. The Labute approximate surface area is 183 Å². The van der Waals surface area contributed by atoms with Gasteiger partial charge in [-0.1, -0.05) is 17.7 Å². The number of rotatable bonds is 4. The molecule has 0 atom stereocenters. The zero-order valence-corrected chi connectivity index (χ0v) is 18.6. The number of aryl methyl sites for hydroxylation is 1. The van der Waals surface area contributed by atoms with E-state index in [1.54, 1.807) is 24.3 Å². The van der Waals surface area contributed by atoms with E-state index in [1.165, 1.54) is 4.31 Å². The summed E-state index contributed by atoms with van der Waals surface area (Å²) in [5.74, 6) is -0.0670. The molecule has 0 saturated carbocycles. The quantitative estimate of drug-likeness (QED) is 0.720. The fourth-order valence-corrected chi connectivity index (χ4v) is 5.79. The summed E-state index contributed by atoms with van der Waals surface area (Å²) in [6.07, 6.45) is 1.80. The van der Waals surface area contributed by atoms with E-state index < -0.39 is 10.0 Å². The Morgan fingerprint density at radius 3 is 2.17 bits per heavy atom. The molecule has 0 bridgehead atoms.